The van der Waals surface area contributed by atoms with Gasteiger partial charge in [-0.2, -0.15) is 0 Å². The van der Waals surface area contributed by atoms with Gasteiger partial charge in [-0.25, -0.2) is 9.18 Å². The number of rotatable bonds is 5. The summed E-state index contributed by atoms with van der Waals surface area (Å²) in [5.41, 5.74) is 0.937. The Balaban J connectivity index is 1.67. The topological polar surface area (TPSA) is 73.3 Å². The Morgan fingerprint density at radius 3 is 2.65 bits per heavy atom. The third kappa shape index (κ3) is 3.75. The number of aliphatic hydroxyl groups is 1. The van der Waals surface area contributed by atoms with Gasteiger partial charge in [0.2, 0.25) is 5.91 Å². The highest BCUT2D eigenvalue weighted by Crippen LogP contribution is 2.29. The lowest BCUT2D eigenvalue weighted by Gasteiger charge is -2.36. The molecule has 3 rings (SSSR count). The average molecular weight is 365 g/mol. The van der Waals surface area contributed by atoms with E-state index >= 15 is 0 Å². The van der Waals surface area contributed by atoms with Gasteiger partial charge < -0.3 is 19.6 Å². The van der Waals surface area contributed by atoms with Crippen LogP contribution in [0.5, 0.6) is 0 Å². The number of halogens is 1. The summed E-state index contributed by atoms with van der Waals surface area (Å²) in [4.78, 5) is 28.4. The molecule has 0 bridgehead atoms. The van der Waals surface area contributed by atoms with Crippen molar-refractivity contribution >= 4 is 23.4 Å². The molecule has 2 saturated heterocycles. The van der Waals surface area contributed by atoms with Crippen molar-refractivity contribution in [3.63, 3.8) is 0 Å². The standard InChI is InChI=1S/C18H24FN3O4/c1-2-3-14-11-22(18(25)26-14)13-4-5-16(15(19)10-13)20-6-8-21(9-7-20)17(24)12-23/h4-5,10,14,23H,2-3,6-9,11-12H2,1H3/t14-/m0/s1. The Bertz CT molecular complexity index is 676. The number of nitrogens with zero attached hydrogens (tertiary/aromatic N) is 3. The lowest BCUT2D eigenvalue weighted by molar-refractivity contribution is -0.134. The van der Waals surface area contributed by atoms with Crippen LogP contribution in [-0.4, -0.2) is 67.4 Å². The molecule has 0 aliphatic carbocycles. The summed E-state index contributed by atoms with van der Waals surface area (Å²) in [6, 6.07) is 4.74. The van der Waals surface area contributed by atoms with E-state index in [4.69, 9.17) is 9.84 Å². The third-order valence-corrected chi connectivity index (χ3v) is 4.84. The number of carbonyl (C=O) groups excluding carboxylic acids is 2. The first-order valence-electron chi connectivity index (χ1n) is 8.94. The normalized spacial score (nSPS) is 20.5. The second-order valence-electron chi connectivity index (χ2n) is 6.57. The van der Waals surface area contributed by atoms with Gasteiger partial charge in [0.15, 0.2) is 0 Å². The van der Waals surface area contributed by atoms with E-state index in [9.17, 15) is 14.0 Å². The number of ether oxygens (including phenoxy) is 1. The molecule has 0 aromatic heterocycles. The molecule has 2 aliphatic rings. The molecule has 1 atom stereocenters. The fourth-order valence-corrected chi connectivity index (χ4v) is 3.42. The van der Waals surface area contributed by atoms with Crippen molar-refractivity contribution in [3.8, 4) is 0 Å². The summed E-state index contributed by atoms with van der Waals surface area (Å²) in [5.74, 6) is -0.717. The van der Waals surface area contributed by atoms with Crippen molar-refractivity contribution in [2.75, 3.05) is 49.1 Å². The highest BCUT2D eigenvalue weighted by Gasteiger charge is 2.32. The van der Waals surface area contributed by atoms with Crippen LogP contribution in [0.15, 0.2) is 18.2 Å². The van der Waals surface area contributed by atoms with Gasteiger partial charge in [0.25, 0.3) is 0 Å². The van der Waals surface area contributed by atoms with Crippen LogP contribution >= 0.6 is 0 Å². The van der Waals surface area contributed by atoms with Crippen molar-refractivity contribution in [1.82, 2.24) is 4.90 Å². The molecule has 0 saturated carbocycles. The molecular formula is C18H24FN3O4. The molecule has 2 amide bonds. The van der Waals surface area contributed by atoms with Crippen LogP contribution in [0.4, 0.5) is 20.6 Å². The van der Waals surface area contributed by atoms with E-state index in [1.54, 1.807) is 17.0 Å². The first kappa shape index (κ1) is 18.4. The molecule has 1 aromatic rings. The molecule has 2 fully saturated rings. The molecule has 8 heteroatoms. The van der Waals surface area contributed by atoms with Gasteiger partial charge in [-0.3, -0.25) is 9.69 Å². The van der Waals surface area contributed by atoms with Crippen LogP contribution in [0.2, 0.25) is 0 Å². The molecule has 0 radical (unpaired) electrons. The van der Waals surface area contributed by atoms with Gasteiger partial charge in [-0.05, 0) is 24.6 Å². The molecule has 1 aromatic carbocycles. The number of piperazine rings is 1. The Labute approximate surface area is 151 Å². The Hall–Kier alpha value is -2.35. The molecular weight excluding hydrogens is 341 g/mol. The van der Waals surface area contributed by atoms with Gasteiger partial charge in [0.1, 0.15) is 18.5 Å². The predicted molar refractivity (Wildman–Crippen MR) is 94.8 cm³/mol. The summed E-state index contributed by atoms with van der Waals surface area (Å²) < 4.78 is 19.9. The highest BCUT2D eigenvalue weighted by atomic mass is 19.1. The molecule has 0 spiro atoms. The molecule has 7 nitrogen and oxygen atoms in total. The fourth-order valence-electron chi connectivity index (χ4n) is 3.42. The van der Waals surface area contributed by atoms with Crippen molar-refractivity contribution in [2.24, 2.45) is 0 Å². The van der Waals surface area contributed by atoms with Crippen LogP contribution in [0.3, 0.4) is 0 Å². The predicted octanol–water partition coefficient (Wildman–Crippen LogP) is 1.59. The number of hydrogen-bond acceptors (Lipinski definition) is 5. The third-order valence-electron chi connectivity index (χ3n) is 4.84. The summed E-state index contributed by atoms with van der Waals surface area (Å²) in [6.45, 7) is 3.83. The number of carbonyl (C=O) groups is 2. The van der Waals surface area contributed by atoms with Crippen LogP contribution < -0.4 is 9.80 Å². The Morgan fingerprint density at radius 1 is 1.31 bits per heavy atom. The zero-order valence-corrected chi connectivity index (χ0v) is 14.9. The van der Waals surface area contributed by atoms with Gasteiger partial charge in [0, 0.05) is 26.2 Å². The molecule has 142 valence electrons. The number of cyclic esters (lactones) is 1. The van der Waals surface area contributed by atoms with Crippen LogP contribution in [0, 0.1) is 5.82 Å². The minimum absolute atomic E-state index is 0.146. The van der Waals surface area contributed by atoms with Gasteiger partial charge >= 0.3 is 6.09 Å². The minimum atomic E-state index is -0.506. The van der Waals surface area contributed by atoms with Crippen molar-refractivity contribution in [1.29, 1.82) is 0 Å². The first-order chi connectivity index (χ1) is 12.5. The molecule has 1 N–H and O–H groups in total. The minimum Gasteiger partial charge on any atom is -0.444 e. The molecule has 0 unspecified atom stereocenters. The van der Waals surface area contributed by atoms with E-state index in [-0.39, 0.29) is 12.0 Å². The summed E-state index contributed by atoms with van der Waals surface area (Å²) in [7, 11) is 0. The molecule has 2 heterocycles. The van der Waals surface area contributed by atoms with E-state index in [1.165, 1.54) is 11.0 Å². The maximum Gasteiger partial charge on any atom is 0.414 e. The average Bonchev–Trinajstić information content (AvgIpc) is 3.02. The van der Waals surface area contributed by atoms with Gasteiger partial charge in [-0.1, -0.05) is 13.3 Å². The number of hydrogen-bond donors (Lipinski definition) is 1. The number of aliphatic hydroxyl groups excluding tert-OH is 1. The van der Waals surface area contributed by atoms with Crippen LogP contribution in [0.1, 0.15) is 19.8 Å². The first-order valence-corrected chi connectivity index (χ1v) is 8.94. The second-order valence-corrected chi connectivity index (χ2v) is 6.57. The molecule has 26 heavy (non-hydrogen) atoms. The van der Waals surface area contributed by atoms with Crippen LogP contribution in [-0.2, 0) is 9.53 Å². The van der Waals surface area contributed by atoms with Crippen molar-refractivity contribution in [3.05, 3.63) is 24.0 Å². The van der Waals surface area contributed by atoms with Crippen molar-refractivity contribution < 1.29 is 23.8 Å². The highest BCUT2D eigenvalue weighted by molar-refractivity contribution is 5.90. The van der Waals surface area contributed by atoms with E-state index in [1.807, 2.05) is 11.8 Å². The van der Waals surface area contributed by atoms with Gasteiger partial charge in [-0.15, -0.1) is 0 Å². The second kappa shape index (κ2) is 7.90. The van der Waals surface area contributed by atoms with Gasteiger partial charge in [0.05, 0.1) is 17.9 Å². The number of benzene rings is 1. The Kier molecular flexibility index (Phi) is 5.61. The van der Waals surface area contributed by atoms with Crippen LogP contribution in [0.25, 0.3) is 0 Å². The zero-order valence-electron chi connectivity index (χ0n) is 14.9. The maximum atomic E-state index is 14.6. The van der Waals surface area contributed by atoms with E-state index in [0.29, 0.717) is 44.1 Å². The summed E-state index contributed by atoms with van der Waals surface area (Å²) in [6.07, 6.45) is 1.13. The summed E-state index contributed by atoms with van der Waals surface area (Å²) >= 11 is 0. The monoisotopic (exact) mass is 365 g/mol. The zero-order chi connectivity index (χ0) is 18.7. The van der Waals surface area contributed by atoms with E-state index in [0.717, 1.165) is 12.8 Å². The van der Waals surface area contributed by atoms with Crippen molar-refractivity contribution in [2.45, 2.75) is 25.9 Å². The molecule has 2 aliphatic heterocycles. The summed E-state index contributed by atoms with van der Waals surface area (Å²) in [5, 5.41) is 8.91. The number of amides is 2. The smallest absolute Gasteiger partial charge is 0.414 e. The lowest BCUT2D eigenvalue weighted by Crippen LogP contribution is -2.49. The SMILES string of the molecule is CCC[C@H]1CN(c2ccc(N3CCN(C(=O)CO)CC3)c(F)c2)C(=O)O1. The maximum absolute atomic E-state index is 14.6. The van der Waals surface area contributed by atoms with E-state index < -0.39 is 18.5 Å². The quantitative estimate of drug-likeness (QED) is 0.858. The van der Waals surface area contributed by atoms with E-state index in [2.05, 4.69) is 0 Å². The fraction of sp³-hybridized carbons (Fsp3) is 0.556. The Morgan fingerprint density at radius 2 is 2.04 bits per heavy atom. The lowest BCUT2D eigenvalue weighted by atomic mass is 10.2. The largest absolute Gasteiger partial charge is 0.444 e. The number of anilines is 2.